The molecule has 0 radical (unpaired) electrons. The Morgan fingerprint density at radius 2 is 1.60 bits per heavy atom. The number of carbonyl (C=O) groups is 2. The van der Waals surface area contributed by atoms with Crippen molar-refractivity contribution in [3.8, 4) is 0 Å². The first-order valence-corrected chi connectivity index (χ1v) is 10.8. The van der Waals surface area contributed by atoms with E-state index in [2.05, 4.69) is 34.2 Å². The second kappa shape index (κ2) is 7.94. The number of carbonyl (C=O) groups excluding carboxylic acids is 2. The van der Waals surface area contributed by atoms with Gasteiger partial charge in [-0.1, -0.05) is 36.4 Å². The molecule has 5 rings (SSSR count). The molecule has 1 aromatic heterocycles. The lowest BCUT2D eigenvalue weighted by molar-refractivity contribution is -0.158. The number of hydrogen-bond donors (Lipinski definition) is 1. The molecule has 6 nitrogen and oxygen atoms in total. The number of aromatic nitrogens is 2. The summed E-state index contributed by atoms with van der Waals surface area (Å²) in [7, 11) is 0. The van der Waals surface area contributed by atoms with Gasteiger partial charge in [-0.25, -0.2) is 4.98 Å². The van der Waals surface area contributed by atoms with Crippen molar-refractivity contribution >= 4 is 22.8 Å². The minimum Gasteiger partial charge on any atom is -0.342 e. The van der Waals surface area contributed by atoms with Crippen molar-refractivity contribution in [3.05, 3.63) is 65.5 Å². The van der Waals surface area contributed by atoms with Gasteiger partial charge in [0.15, 0.2) is 0 Å². The fraction of sp³-hybridized carbons (Fsp3) is 0.375. The van der Waals surface area contributed by atoms with E-state index in [0.29, 0.717) is 38.3 Å². The molecule has 1 fully saturated rings. The number of hydrazine groups is 1. The van der Waals surface area contributed by atoms with E-state index in [4.69, 9.17) is 0 Å². The van der Waals surface area contributed by atoms with E-state index in [1.807, 2.05) is 24.3 Å². The zero-order valence-corrected chi connectivity index (χ0v) is 17.0. The van der Waals surface area contributed by atoms with Gasteiger partial charge in [0.25, 0.3) is 0 Å². The van der Waals surface area contributed by atoms with Crippen LogP contribution >= 0.6 is 0 Å². The Hall–Kier alpha value is -3.15. The smallest absolute Gasteiger partial charge is 0.241 e. The molecule has 2 amide bonds. The van der Waals surface area contributed by atoms with Gasteiger partial charge < -0.3 is 4.98 Å². The van der Waals surface area contributed by atoms with Crippen LogP contribution in [-0.4, -0.2) is 44.9 Å². The number of nitrogens with zero attached hydrogens (tertiary/aromatic N) is 3. The van der Waals surface area contributed by atoms with E-state index in [0.717, 1.165) is 36.1 Å². The van der Waals surface area contributed by atoms with Crippen LogP contribution in [0.5, 0.6) is 0 Å². The highest BCUT2D eigenvalue weighted by atomic mass is 16.2. The van der Waals surface area contributed by atoms with Crippen LogP contribution in [0.1, 0.15) is 36.2 Å². The SMILES string of the molecule is O=C(CCc1nc2ccccc2[nH]1)N1CCCN1C(=O)CC1Cc2ccccc2C1. The third-order valence-electron chi connectivity index (χ3n) is 6.22. The average Bonchev–Trinajstić information content (AvgIpc) is 3.48. The summed E-state index contributed by atoms with van der Waals surface area (Å²) in [4.78, 5) is 33.6. The number of hydrogen-bond acceptors (Lipinski definition) is 3. The molecule has 1 aliphatic carbocycles. The average molecular weight is 402 g/mol. The first-order chi connectivity index (χ1) is 14.7. The summed E-state index contributed by atoms with van der Waals surface area (Å²) < 4.78 is 0. The molecule has 6 heteroatoms. The Balaban J connectivity index is 1.18. The van der Waals surface area contributed by atoms with Crippen LogP contribution in [0.15, 0.2) is 48.5 Å². The highest BCUT2D eigenvalue weighted by molar-refractivity contribution is 5.83. The zero-order valence-electron chi connectivity index (χ0n) is 17.0. The van der Waals surface area contributed by atoms with Gasteiger partial charge >= 0.3 is 0 Å². The molecule has 30 heavy (non-hydrogen) atoms. The van der Waals surface area contributed by atoms with Crippen molar-refractivity contribution in [2.75, 3.05) is 13.1 Å². The lowest BCUT2D eigenvalue weighted by Gasteiger charge is -2.28. The summed E-state index contributed by atoms with van der Waals surface area (Å²) in [6.45, 7) is 1.25. The molecule has 0 bridgehead atoms. The van der Waals surface area contributed by atoms with Crippen molar-refractivity contribution in [2.24, 2.45) is 5.92 Å². The summed E-state index contributed by atoms with van der Waals surface area (Å²) in [6, 6.07) is 16.3. The maximum atomic E-state index is 13.0. The van der Waals surface area contributed by atoms with Crippen molar-refractivity contribution in [2.45, 2.75) is 38.5 Å². The number of rotatable bonds is 5. The minimum atomic E-state index is -0.00369. The maximum absolute atomic E-state index is 13.0. The molecule has 154 valence electrons. The van der Waals surface area contributed by atoms with Gasteiger partial charge in [-0.15, -0.1) is 0 Å². The third kappa shape index (κ3) is 3.70. The number of fused-ring (bicyclic) bond motifs is 2. The van der Waals surface area contributed by atoms with Gasteiger partial charge in [-0.2, -0.15) is 0 Å². The first kappa shape index (κ1) is 18.9. The topological polar surface area (TPSA) is 69.3 Å². The summed E-state index contributed by atoms with van der Waals surface area (Å²) in [6.07, 6.45) is 4.14. The van der Waals surface area contributed by atoms with Crippen LogP contribution in [0.4, 0.5) is 0 Å². The Morgan fingerprint density at radius 3 is 2.33 bits per heavy atom. The fourth-order valence-corrected chi connectivity index (χ4v) is 4.76. The number of imidazole rings is 1. The molecule has 3 aromatic rings. The van der Waals surface area contributed by atoms with E-state index in [1.54, 1.807) is 10.0 Å². The number of amides is 2. The maximum Gasteiger partial charge on any atom is 0.241 e. The first-order valence-electron chi connectivity index (χ1n) is 10.8. The molecule has 0 atom stereocenters. The van der Waals surface area contributed by atoms with Crippen molar-refractivity contribution in [1.29, 1.82) is 0 Å². The van der Waals surface area contributed by atoms with Gasteiger partial charge in [-0.05, 0) is 48.4 Å². The Bertz CT molecular complexity index is 1030. The Morgan fingerprint density at radius 1 is 0.933 bits per heavy atom. The molecule has 2 aromatic carbocycles. The molecule has 0 saturated carbocycles. The molecule has 1 saturated heterocycles. The van der Waals surface area contributed by atoms with Crippen LogP contribution in [0, 0.1) is 5.92 Å². The van der Waals surface area contributed by atoms with E-state index in [-0.39, 0.29) is 11.8 Å². The number of aromatic amines is 1. The number of H-pyrrole nitrogens is 1. The normalized spacial score (nSPS) is 16.4. The summed E-state index contributed by atoms with van der Waals surface area (Å²) in [5.41, 5.74) is 4.61. The van der Waals surface area contributed by atoms with E-state index in [1.165, 1.54) is 11.1 Å². The van der Waals surface area contributed by atoms with Gasteiger partial charge in [0, 0.05) is 32.4 Å². The Labute approximate surface area is 175 Å². The predicted molar refractivity (Wildman–Crippen MR) is 114 cm³/mol. The quantitative estimate of drug-likeness (QED) is 0.712. The largest absolute Gasteiger partial charge is 0.342 e. The minimum absolute atomic E-state index is 0.00369. The van der Waals surface area contributed by atoms with Crippen molar-refractivity contribution < 1.29 is 9.59 Å². The van der Waals surface area contributed by atoms with Crippen LogP contribution in [0.2, 0.25) is 0 Å². The monoisotopic (exact) mass is 402 g/mol. The molecule has 1 aliphatic heterocycles. The Kier molecular flexibility index (Phi) is 4.99. The lowest BCUT2D eigenvalue weighted by Crippen LogP contribution is -2.45. The van der Waals surface area contributed by atoms with Crippen LogP contribution < -0.4 is 0 Å². The molecule has 0 spiro atoms. The number of para-hydroxylation sites is 2. The lowest BCUT2D eigenvalue weighted by atomic mass is 10.0. The number of benzene rings is 2. The van der Waals surface area contributed by atoms with Crippen LogP contribution in [0.3, 0.4) is 0 Å². The highest BCUT2D eigenvalue weighted by Crippen LogP contribution is 2.29. The zero-order chi connectivity index (χ0) is 20.5. The van der Waals surface area contributed by atoms with E-state index in [9.17, 15) is 9.59 Å². The molecule has 2 heterocycles. The van der Waals surface area contributed by atoms with E-state index < -0.39 is 0 Å². The van der Waals surface area contributed by atoms with Gasteiger partial charge in [0.2, 0.25) is 11.8 Å². The fourth-order valence-electron chi connectivity index (χ4n) is 4.76. The second-order valence-corrected chi connectivity index (χ2v) is 8.34. The number of aryl methyl sites for hydroxylation is 1. The van der Waals surface area contributed by atoms with Crippen molar-refractivity contribution in [1.82, 2.24) is 20.0 Å². The molecule has 2 aliphatic rings. The standard InChI is InChI=1S/C24H26N4O2/c29-23(11-10-22-25-20-8-3-4-9-21(20)26-22)27-12-5-13-28(27)24(30)16-17-14-18-6-1-2-7-19(18)15-17/h1-4,6-9,17H,5,10-16H2,(H,25,26). The predicted octanol–water partition coefficient (Wildman–Crippen LogP) is 3.28. The van der Waals surface area contributed by atoms with Crippen LogP contribution in [0.25, 0.3) is 11.0 Å². The third-order valence-corrected chi connectivity index (χ3v) is 6.22. The van der Waals surface area contributed by atoms with Crippen molar-refractivity contribution in [3.63, 3.8) is 0 Å². The summed E-state index contributed by atoms with van der Waals surface area (Å²) in [5.74, 6) is 1.21. The second-order valence-electron chi connectivity index (χ2n) is 8.34. The van der Waals surface area contributed by atoms with Gasteiger partial charge in [0.1, 0.15) is 5.82 Å². The van der Waals surface area contributed by atoms with Crippen LogP contribution in [-0.2, 0) is 28.9 Å². The van der Waals surface area contributed by atoms with Gasteiger partial charge in [-0.3, -0.25) is 19.6 Å². The van der Waals surface area contributed by atoms with Gasteiger partial charge in [0.05, 0.1) is 11.0 Å². The number of nitrogens with one attached hydrogen (secondary N) is 1. The molecular formula is C24H26N4O2. The van der Waals surface area contributed by atoms with E-state index >= 15 is 0 Å². The summed E-state index contributed by atoms with van der Waals surface area (Å²) >= 11 is 0. The molecular weight excluding hydrogens is 376 g/mol. The molecule has 1 N–H and O–H groups in total. The molecule has 0 unspecified atom stereocenters. The highest BCUT2D eigenvalue weighted by Gasteiger charge is 2.33. The summed E-state index contributed by atoms with van der Waals surface area (Å²) in [5, 5.41) is 3.34.